The molecule has 1 fully saturated rings. The summed E-state index contributed by atoms with van der Waals surface area (Å²) in [6, 6.07) is 0. The molecule has 1 atom stereocenters. The van der Waals surface area contributed by atoms with Gasteiger partial charge >= 0.3 is 0 Å². The molecule has 1 aromatic rings. The molecule has 0 radical (unpaired) electrons. The van der Waals surface area contributed by atoms with Crippen LogP contribution in [0.15, 0.2) is 47.3 Å². The summed E-state index contributed by atoms with van der Waals surface area (Å²) in [6.45, 7) is 7.17. The maximum atomic E-state index is 12.5. The predicted molar refractivity (Wildman–Crippen MR) is 83.8 cm³/mol. The van der Waals surface area contributed by atoms with Gasteiger partial charge in [-0.25, -0.2) is 4.98 Å². The highest BCUT2D eigenvalue weighted by Crippen LogP contribution is 2.27. The van der Waals surface area contributed by atoms with Crippen molar-refractivity contribution in [3.8, 4) is 0 Å². The topological polar surface area (TPSA) is 33.2 Å². The Kier molecular flexibility index (Phi) is 5.30. The number of amides is 1. The van der Waals surface area contributed by atoms with Crippen molar-refractivity contribution in [2.75, 3.05) is 13.1 Å². The summed E-state index contributed by atoms with van der Waals surface area (Å²) >= 11 is 1.62. The van der Waals surface area contributed by atoms with E-state index in [9.17, 15) is 4.79 Å². The van der Waals surface area contributed by atoms with Gasteiger partial charge in [0.1, 0.15) is 0 Å². The highest BCUT2D eigenvalue weighted by atomic mass is 32.1. The van der Waals surface area contributed by atoms with Gasteiger partial charge in [0.15, 0.2) is 0 Å². The zero-order valence-corrected chi connectivity index (χ0v) is 12.6. The molecule has 106 valence electrons. The van der Waals surface area contributed by atoms with Gasteiger partial charge in [-0.15, -0.1) is 11.3 Å². The number of rotatable bonds is 4. The smallest absolute Gasteiger partial charge is 0.253 e. The van der Waals surface area contributed by atoms with E-state index in [1.807, 2.05) is 29.5 Å². The van der Waals surface area contributed by atoms with Crippen molar-refractivity contribution < 1.29 is 4.79 Å². The molecule has 1 amide bonds. The SMILES string of the molecule is C=C/C=C(\C=C/C)C(=O)N1CCC[C@@H](c2cscn2)C1. The van der Waals surface area contributed by atoms with Crippen molar-refractivity contribution in [3.63, 3.8) is 0 Å². The van der Waals surface area contributed by atoms with Crippen molar-refractivity contribution in [2.45, 2.75) is 25.7 Å². The van der Waals surface area contributed by atoms with Gasteiger partial charge in [0.05, 0.1) is 11.2 Å². The third kappa shape index (κ3) is 3.45. The minimum absolute atomic E-state index is 0.0860. The van der Waals surface area contributed by atoms with Crippen molar-refractivity contribution >= 4 is 17.2 Å². The molecule has 1 aliphatic heterocycles. The Balaban J connectivity index is 2.10. The Morgan fingerprint density at radius 1 is 1.60 bits per heavy atom. The third-order valence-electron chi connectivity index (χ3n) is 3.47. The highest BCUT2D eigenvalue weighted by molar-refractivity contribution is 7.07. The fraction of sp³-hybridized carbons (Fsp3) is 0.375. The van der Waals surface area contributed by atoms with Crippen molar-refractivity contribution in [2.24, 2.45) is 0 Å². The number of hydrogen-bond donors (Lipinski definition) is 0. The summed E-state index contributed by atoms with van der Waals surface area (Å²) in [7, 11) is 0. The number of likely N-dealkylation sites (tertiary alicyclic amines) is 1. The summed E-state index contributed by atoms with van der Waals surface area (Å²) in [5.41, 5.74) is 3.67. The van der Waals surface area contributed by atoms with Crippen LogP contribution < -0.4 is 0 Å². The van der Waals surface area contributed by atoms with Crippen LogP contribution >= 0.6 is 11.3 Å². The van der Waals surface area contributed by atoms with Gasteiger partial charge < -0.3 is 4.90 Å². The molecule has 20 heavy (non-hydrogen) atoms. The van der Waals surface area contributed by atoms with Gasteiger partial charge in [-0.05, 0) is 19.8 Å². The van der Waals surface area contributed by atoms with E-state index in [1.165, 1.54) is 0 Å². The molecule has 0 aliphatic carbocycles. The lowest BCUT2D eigenvalue weighted by molar-refractivity contribution is -0.128. The number of thiazole rings is 1. The zero-order chi connectivity index (χ0) is 14.4. The van der Waals surface area contributed by atoms with Crippen molar-refractivity contribution in [3.05, 3.63) is 53.0 Å². The minimum Gasteiger partial charge on any atom is -0.338 e. The van der Waals surface area contributed by atoms with E-state index in [-0.39, 0.29) is 5.91 Å². The molecule has 1 aromatic heterocycles. The molecule has 0 bridgehead atoms. The lowest BCUT2D eigenvalue weighted by atomic mass is 9.95. The predicted octanol–water partition coefficient (Wildman–Crippen LogP) is 3.54. The molecule has 0 unspecified atom stereocenters. The average Bonchev–Trinajstić information content (AvgIpc) is 3.01. The molecule has 0 saturated carbocycles. The van der Waals surface area contributed by atoms with Crippen LogP contribution in [0.2, 0.25) is 0 Å². The van der Waals surface area contributed by atoms with E-state index >= 15 is 0 Å². The van der Waals surface area contributed by atoms with Crippen LogP contribution in [0, 0.1) is 0 Å². The maximum absolute atomic E-state index is 12.5. The van der Waals surface area contributed by atoms with Gasteiger partial charge in [-0.1, -0.05) is 30.9 Å². The first-order chi connectivity index (χ1) is 9.76. The Morgan fingerprint density at radius 2 is 2.45 bits per heavy atom. The number of aromatic nitrogens is 1. The summed E-state index contributed by atoms with van der Waals surface area (Å²) in [4.78, 5) is 18.9. The minimum atomic E-state index is 0.0860. The fourth-order valence-corrected chi connectivity index (χ4v) is 3.15. The monoisotopic (exact) mass is 288 g/mol. The largest absolute Gasteiger partial charge is 0.338 e. The second-order valence-electron chi connectivity index (χ2n) is 4.86. The number of hydrogen-bond acceptors (Lipinski definition) is 3. The molecular formula is C16H20N2OS. The average molecular weight is 288 g/mol. The second-order valence-corrected chi connectivity index (χ2v) is 5.58. The summed E-state index contributed by atoms with van der Waals surface area (Å²) < 4.78 is 0. The van der Waals surface area contributed by atoms with Crippen LogP contribution in [0.3, 0.4) is 0 Å². The zero-order valence-electron chi connectivity index (χ0n) is 11.8. The fourth-order valence-electron chi connectivity index (χ4n) is 2.51. The Morgan fingerprint density at radius 3 is 3.10 bits per heavy atom. The van der Waals surface area contributed by atoms with E-state index in [0.717, 1.165) is 31.6 Å². The summed E-state index contributed by atoms with van der Waals surface area (Å²) in [6.07, 6.45) is 9.30. The second kappa shape index (κ2) is 7.20. The highest BCUT2D eigenvalue weighted by Gasteiger charge is 2.26. The number of carbonyl (C=O) groups is 1. The molecule has 1 aliphatic rings. The lowest BCUT2D eigenvalue weighted by Gasteiger charge is -2.32. The first-order valence-electron chi connectivity index (χ1n) is 6.89. The number of nitrogens with zero attached hydrogens (tertiary/aromatic N) is 2. The van der Waals surface area contributed by atoms with E-state index < -0.39 is 0 Å². The molecular weight excluding hydrogens is 268 g/mol. The number of piperidine rings is 1. The normalized spacial score (nSPS) is 20.4. The van der Waals surface area contributed by atoms with Crippen LogP contribution in [0.4, 0.5) is 0 Å². The van der Waals surface area contributed by atoms with Gasteiger partial charge in [-0.2, -0.15) is 0 Å². The quantitative estimate of drug-likeness (QED) is 0.627. The first kappa shape index (κ1) is 14.7. The first-order valence-corrected chi connectivity index (χ1v) is 7.83. The van der Waals surface area contributed by atoms with E-state index in [1.54, 1.807) is 23.5 Å². The molecule has 3 nitrogen and oxygen atoms in total. The van der Waals surface area contributed by atoms with Crippen molar-refractivity contribution in [1.82, 2.24) is 9.88 Å². The van der Waals surface area contributed by atoms with Crippen LogP contribution in [0.5, 0.6) is 0 Å². The van der Waals surface area contributed by atoms with E-state index in [0.29, 0.717) is 11.5 Å². The molecule has 0 aromatic carbocycles. The molecule has 1 saturated heterocycles. The Hall–Kier alpha value is -1.68. The van der Waals surface area contributed by atoms with Gasteiger partial charge in [0.25, 0.3) is 5.91 Å². The summed E-state index contributed by atoms with van der Waals surface area (Å²) in [5.74, 6) is 0.456. The molecule has 0 spiro atoms. The Bertz CT molecular complexity index is 517. The van der Waals surface area contributed by atoms with Crippen LogP contribution in [-0.2, 0) is 4.79 Å². The van der Waals surface area contributed by atoms with E-state index in [2.05, 4.69) is 16.9 Å². The number of allylic oxidation sites excluding steroid dienone is 3. The lowest BCUT2D eigenvalue weighted by Crippen LogP contribution is -2.39. The third-order valence-corrected chi connectivity index (χ3v) is 4.07. The molecule has 2 rings (SSSR count). The van der Waals surface area contributed by atoms with Crippen LogP contribution in [0.25, 0.3) is 0 Å². The van der Waals surface area contributed by atoms with Gasteiger partial charge in [0, 0.05) is 30.0 Å². The van der Waals surface area contributed by atoms with Gasteiger partial charge in [-0.3, -0.25) is 4.79 Å². The standard InChI is InChI=1S/C16H20N2OS/c1-3-6-13(7-4-2)16(19)18-9-5-8-14(10-18)15-11-20-12-17-15/h3-4,6-7,11-12,14H,1,5,8-10H2,2H3/b7-4-,13-6+/t14-/m1/s1. The van der Waals surface area contributed by atoms with Crippen LogP contribution in [0.1, 0.15) is 31.4 Å². The van der Waals surface area contributed by atoms with Crippen LogP contribution in [-0.4, -0.2) is 28.9 Å². The van der Waals surface area contributed by atoms with E-state index in [4.69, 9.17) is 0 Å². The number of carbonyl (C=O) groups excluding carboxylic acids is 1. The van der Waals surface area contributed by atoms with Crippen molar-refractivity contribution in [1.29, 1.82) is 0 Å². The molecule has 4 heteroatoms. The summed E-state index contributed by atoms with van der Waals surface area (Å²) in [5, 5.41) is 2.09. The maximum Gasteiger partial charge on any atom is 0.253 e. The molecule has 2 heterocycles. The van der Waals surface area contributed by atoms with Gasteiger partial charge in [0.2, 0.25) is 0 Å². The molecule has 0 N–H and O–H groups in total. The Labute approximate surface area is 124 Å².